The van der Waals surface area contributed by atoms with Crippen LogP contribution in [0.3, 0.4) is 0 Å². The minimum atomic E-state index is -0.743. The van der Waals surface area contributed by atoms with Gasteiger partial charge in [-0.1, -0.05) is 85.8 Å². The monoisotopic (exact) mass is 829 g/mol. The number of hydrogen-bond donors (Lipinski definition) is 5. The zero-order valence-corrected chi connectivity index (χ0v) is 35.3. The zero-order chi connectivity index (χ0) is 43.1. The number of aromatic hydroxyl groups is 1. The molecule has 4 aromatic carbocycles. The van der Waals surface area contributed by atoms with Crippen LogP contribution in [0.15, 0.2) is 108 Å². The van der Waals surface area contributed by atoms with Gasteiger partial charge in [0.25, 0.3) is 0 Å². The average molecular weight is 830 g/mol. The van der Waals surface area contributed by atoms with E-state index < -0.39 is 12.2 Å². The highest BCUT2D eigenvalue weighted by molar-refractivity contribution is 5.91. The summed E-state index contributed by atoms with van der Waals surface area (Å²) >= 11 is 0. The van der Waals surface area contributed by atoms with E-state index in [0.29, 0.717) is 67.5 Å². The number of nitrogens with zero attached hydrogens (tertiary/aromatic N) is 2. The number of aromatic amines is 1. The lowest BCUT2D eigenvalue weighted by Gasteiger charge is -2.31. The van der Waals surface area contributed by atoms with Crippen LogP contribution in [0.2, 0.25) is 0 Å². The van der Waals surface area contributed by atoms with Crippen molar-refractivity contribution in [2.75, 3.05) is 45.1 Å². The maximum absolute atomic E-state index is 12.9. The van der Waals surface area contributed by atoms with Gasteiger partial charge in [-0.15, -0.1) is 0 Å². The molecule has 0 radical (unpaired) electrons. The molecular weight excluding hydrogens is 771 g/mol. The Morgan fingerprint density at radius 2 is 1.66 bits per heavy atom. The summed E-state index contributed by atoms with van der Waals surface area (Å²) in [5.74, 6) is 0.302. The lowest BCUT2D eigenvalue weighted by Crippen LogP contribution is -2.40. The van der Waals surface area contributed by atoms with Crippen molar-refractivity contribution in [3.05, 3.63) is 130 Å². The molecule has 5 aromatic rings. The highest BCUT2D eigenvalue weighted by Gasteiger charge is 2.24. The van der Waals surface area contributed by atoms with Crippen molar-refractivity contribution in [2.24, 2.45) is 5.92 Å². The number of carbonyl (C=O) groups excluding carboxylic acids is 3. The van der Waals surface area contributed by atoms with Crippen LogP contribution in [0.1, 0.15) is 74.7 Å². The topological polar surface area (TPSA) is 164 Å². The maximum Gasteiger partial charge on any atom is 0.411 e. The summed E-state index contributed by atoms with van der Waals surface area (Å²) < 4.78 is 5.77. The van der Waals surface area contributed by atoms with Crippen LogP contribution in [0, 0.1) is 5.92 Å². The second kappa shape index (κ2) is 22.0. The maximum atomic E-state index is 12.9. The number of phenols is 1. The number of benzene rings is 4. The number of rotatable bonds is 19. The number of pyridine rings is 1. The smallest absolute Gasteiger partial charge is 0.411 e. The minimum Gasteiger partial charge on any atom is -0.506 e. The fourth-order valence-corrected chi connectivity index (χ4v) is 8.04. The molecule has 5 N–H and O–H groups in total. The molecule has 6 rings (SSSR count). The fraction of sp³-hybridized carbons (Fsp3) is 0.388. The van der Waals surface area contributed by atoms with E-state index in [4.69, 9.17) is 4.74 Å². The molecule has 1 aliphatic rings. The van der Waals surface area contributed by atoms with E-state index in [1.165, 1.54) is 12.1 Å². The van der Waals surface area contributed by atoms with Crippen LogP contribution < -0.4 is 16.2 Å². The molecule has 61 heavy (non-hydrogen) atoms. The Hall–Kier alpha value is -5.98. The molecule has 1 aromatic heterocycles. The normalized spacial score (nSPS) is 14.3. The summed E-state index contributed by atoms with van der Waals surface area (Å²) in [5.41, 5.74) is 5.42. The number of hydrogen-bond acceptors (Lipinski definition) is 8. The summed E-state index contributed by atoms with van der Waals surface area (Å²) in [7, 11) is 1.83. The molecule has 0 bridgehead atoms. The van der Waals surface area contributed by atoms with E-state index >= 15 is 0 Å². The molecule has 1 fully saturated rings. The number of carbonyl (C=O) groups is 3. The number of piperidine rings is 1. The summed E-state index contributed by atoms with van der Waals surface area (Å²) in [6.07, 6.45) is 4.42. The van der Waals surface area contributed by atoms with E-state index in [1.807, 2.05) is 73.8 Å². The third-order valence-corrected chi connectivity index (χ3v) is 11.5. The van der Waals surface area contributed by atoms with Gasteiger partial charge in [0.05, 0.1) is 23.7 Å². The number of aliphatic hydroxyl groups excluding tert-OH is 1. The van der Waals surface area contributed by atoms with Crippen LogP contribution in [0.5, 0.6) is 5.75 Å². The number of para-hydroxylation sites is 1. The van der Waals surface area contributed by atoms with Gasteiger partial charge < -0.3 is 35.1 Å². The Morgan fingerprint density at radius 1 is 0.902 bits per heavy atom. The lowest BCUT2D eigenvalue weighted by atomic mass is 9.91. The number of amides is 3. The van der Waals surface area contributed by atoms with Gasteiger partial charge in [0.15, 0.2) is 0 Å². The second-order valence-electron chi connectivity index (χ2n) is 16.3. The molecule has 0 spiro atoms. The van der Waals surface area contributed by atoms with Crippen molar-refractivity contribution in [3.8, 4) is 16.9 Å². The van der Waals surface area contributed by atoms with E-state index in [2.05, 4.69) is 39.6 Å². The van der Waals surface area contributed by atoms with Gasteiger partial charge in [-0.05, 0) is 91.3 Å². The minimum absolute atomic E-state index is 0.0298. The van der Waals surface area contributed by atoms with Crippen molar-refractivity contribution in [2.45, 2.75) is 76.9 Å². The van der Waals surface area contributed by atoms with Gasteiger partial charge >= 0.3 is 6.09 Å². The molecule has 12 nitrogen and oxygen atoms in total. The highest BCUT2D eigenvalue weighted by Crippen LogP contribution is 2.32. The molecule has 322 valence electrons. The molecule has 1 saturated heterocycles. The molecule has 2 atom stereocenters. The number of unbranched alkanes of at least 4 members (excludes halogenated alkanes) is 1. The lowest BCUT2D eigenvalue weighted by molar-refractivity contribution is -0.130. The van der Waals surface area contributed by atoms with Crippen molar-refractivity contribution in [1.29, 1.82) is 0 Å². The fourth-order valence-electron chi connectivity index (χ4n) is 8.04. The van der Waals surface area contributed by atoms with Gasteiger partial charge in [-0.25, -0.2) is 4.79 Å². The average Bonchev–Trinajstić information content (AvgIpc) is 3.26. The second-order valence-corrected chi connectivity index (χ2v) is 16.3. The predicted molar refractivity (Wildman–Crippen MR) is 239 cm³/mol. The highest BCUT2D eigenvalue weighted by atomic mass is 16.6. The first-order chi connectivity index (χ1) is 29.5. The van der Waals surface area contributed by atoms with E-state index in [0.717, 1.165) is 61.0 Å². The first-order valence-corrected chi connectivity index (χ1v) is 21.5. The van der Waals surface area contributed by atoms with Crippen LogP contribution >= 0.6 is 0 Å². The standard InChI is InChI=1S/C49H59N5O7/c1-34(17-20-43(55)40-18-21-44(56)48-41(40)19-22-45(57)52-48)31-35-11-10-12-36(32-35)33-46(58)50-26-8-9-27-53(2)47(59)25-30-54-28-23-38(24-29-54)61-49(60)51-42-16-7-6-15-39(42)37-13-4-3-5-14-37/h3-7,10-16,18-19,21-22,32,34,38,43,55-56H,8-9,17,20,23-31,33H2,1-2H3,(H,50,58)(H,51,60)(H,52,57)/t34-,43+/m1/s1. The van der Waals surface area contributed by atoms with Crippen LogP contribution in [0.4, 0.5) is 10.5 Å². The van der Waals surface area contributed by atoms with Crippen molar-refractivity contribution in [3.63, 3.8) is 0 Å². The third kappa shape index (κ3) is 13.3. The summed E-state index contributed by atoms with van der Waals surface area (Å²) in [6.45, 7) is 5.49. The summed E-state index contributed by atoms with van der Waals surface area (Å²) in [4.78, 5) is 56.8. The Balaban J connectivity index is 0.816. The van der Waals surface area contributed by atoms with E-state index in [-0.39, 0.29) is 41.6 Å². The zero-order valence-electron chi connectivity index (χ0n) is 35.3. The van der Waals surface area contributed by atoms with Crippen LogP contribution in [-0.4, -0.2) is 88.8 Å². The SMILES string of the molecule is C[C@H](CC[C@H](O)c1ccc(O)c2[nH]c(=O)ccc12)Cc1cccc(CC(=O)NCCCCN(C)C(=O)CCN2CCC(OC(=O)Nc3ccccc3-c3ccccc3)CC2)c1. The van der Waals surface area contributed by atoms with Gasteiger partial charge in [0.1, 0.15) is 11.9 Å². The Morgan fingerprint density at radius 3 is 2.46 bits per heavy atom. The molecule has 0 aliphatic carbocycles. The number of likely N-dealkylation sites (tertiary alicyclic amines) is 1. The molecule has 3 amide bonds. The predicted octanol–water partition coefficient (Wildman–Crippen LogP) is 7.59. The Bertz CT molecular complexity index is 2290. The molecule has 0 saturated carbocycles. The third-order valence-electron chi connectivity index (χ3n) is 11.5. The van der Waals surface area contributed by atoms with Gasteiger partial charge in [0, 0.05) is 63.2 Å². The van der Waals surface area contributed by atoms with Crippen molar-refractivity contribution >= 4 is 34.5 Å². The number of anilines is 1. The number of fused-ring (bicyclic) bond motifs is 1. The van der Waals surface area contributed by atoms with Crippen LogP contribution in [-0.2, 0) is 27.2 Å². The van der Waals surface area contributed by atoms with Gasteiger partial charge in [0.2, 0.25) is 17.4 Å². The number of aromatic nitrogens is 1. The molecule has 0 unspecified atom stereocenters. The van der Waals surface area contributed by atoms with E-state index in [1.54, 1.807) is 17.0 Å². The number of H-pyrrole nitrogens is 1. The van der Waals surface area contributed by atoms with Crippen LogP contribution in [0.25, 0.3) is 22.0 Å². The number of nitrogens with one attached hydrogen (secondary N) is 3. The number of aliphatic hydroxyl groups is 1. The number of phenolic OH excluding ortho intramolecular Hbond substituents is 1. The summed E-state index contributed by atoms with van der Waals surface area (Å²) in [5, 5.41) is 27.7. The molecule has 2 heterocycles. The van der Waals surface area contributed by atoms with Crippen molar-refractivity contribution < 1.29 is 29.3 Å². The molecule has 12 heteroatoms. The Kier molecular flexibility index (Phi) is 16.1. The van der Waals surface area contributed by atoms with Gasteiger partial charge in [-0.2, -0.15) is 0 Å². The van der Waals surface area contributed by atoms with Gasteiger partial charge in [-0.3, -0.25) is 19.7 Å². The number of ether oxygens (including phenoxy) is 1. The first kappa shape index (κ1) is 44.6. The summed E-state index contributed by atoms with van der Waals surface area (Å²) in [6, 6.07) is 31.9. The first-order valence-electron chi connectivity index (χ1n) is 21.5. The van der Waals surface area contributed by atoms with E-state index in [9.17, 15) is 29.4 Å². The molecule has 1 aliphatic heterocycles. The van der Waals surface area contributed by atoms with Crippen molar-refractivity contribution in [1.82, 2.24) is 20.1 Å². The molecular formula is C49H59N5O7. The Labute approximate surface area is 357 Å². The largest absolute Gasteiger partial charge is 0.506 e. The quantitative estimate of drug-likeness (QED) is 0.0532.